The van der Waals surface area contributed by atoms with Crippen molar-refractivity contribution in [3.8, 4) is 17.0 Å². The van der Waals surface area contributed by atoms with E-state index in [1.54, 1.807) is 18.0 Å². The maximum atomic E-state index is 13.9. The summed E-state index contributed by atoms with van der Waals surface area (Å²) in [5.41, 5.74) is 6.34. The molecule has 0 bridgehead atoms. The van der Waals surface area contributed by atoms with Crippen molar-refractivity contribution in [3.63, 3.8) is 0 Å². The van der Waals surface area contributed by atoms with Crippen LogP contribution in [0.2, 0.25) is 0 Å². The van der Waals surface area contributed by atoms with Crippen LogP contribution in [-0.2, 0) is 6.54 Å². The first-order valence-corrected chi connectivity index (χ1v) is 6.85. The first-order chi connectivity index (χ1) is 11.1. The fourth-order valence-corrected chi connectivity index (χ4v) is 2.18. The Labute approximate surface area is 131 Å². The summed E-state index contributed by atoms with van der Waals surface area (Å²) in [5, 5.41) is 7.83. The molecule has 0 unspecified atom stereocenters. The van der Waals surface area contributed by atoms with Gasteiger partial charge in [-0.3, -0.25) is 0 Å². The smallest absolute Gasteiger partial charge is 0.182 e. The summed E-state index contributed by atoms with van der Waals surface area (Å²) in [7, 11) is 1.60. The summed E-state index contributed by atoms with van der Waals surface area (Å²) in [6.45, 7) is 0.454. The number of aromatic nitrogens is 3. The van der Waals surface area contributed by atoms with Gasteiger partial charge in [-0.1, -0.05) is 17.3 Å². The Bertz CT molecular complexity index is 831. The molecule has 3 aromatic rings. The van der Waals surface area contributed by atoms with Gasteiger partial charge in [-0.05, 0) is 29.8 Å². The van der Waals surface area contributed by atoms with Crippen molar-refractivity contribution in [2.45, 2.75) is 6.54 Å². The van der Waals surface area contributed by atoms with Crippen LogP contribution in [0.3, 0.4) is 0 Å². The molecule has 2 N–H and O–H groups in total. The second kappa shape index (κ2) is 6.04. The summed E-state index contributed by atoms with van der Waals surface area (Å²) in [4.78, 5) is 0. The van der Waals surface area contributed by atoms with Gasteiger partial charge in [-0.2, -0.15) is 0 Å². The van der Waals surface area contributed by atoms with Gasteiger partial charge in [0.25, 0.3) is 0 Å². The number of anilines is 1. The fraction of sp³-hybridized carbons (Fsp3) is 0.125. The highest BCUT2D eigenvalue weighted by Crippen LogP contribution is 2.25. The molecule has 0 fully saturated rings. The van der Waals surface area contributed by atoms with Crippen molar-refractivity contribution >= 4 is 5.69 Å². The van der Waals surface area contributed by atoms with E-state index in [4.69, 9.17) is 10.5 Å². The molecule has 0 spiro atoms. The van der Waals surface area contributed by atoms with Crippen molar-refractivity contribution in [3.05, 3.63) is 59.8 Å². The Kier molecular flexibility index (Phi) is 3.92. The second-order valence-electron chi connectivity index (χ2n) is 4.98. The first kappa shape index (κ1) is 15.0. The largest absolute Gasteiger partial charge is 0.497 e. The molecular formula is C16H14F2N4O. The van der Waals surface area contributed by atoms with E-state index in [0.29, 0.717) is 6.54 Å². The molecule has 1 aromatic heterocycles. The number of benzene rings is 2. The van der Waals surface area contributed by atoms with Gasteiger partial charge in [-0.15, -0.1) is 5.10 Å². The maximum absolute atomic E-state index is 13.9. The number of rotatable bonds is 4. The minimum atomic E-state index is -1.08. The Hall–Kier alpha value is -2.96. The molecule has 0 atom stereocenters. The molecule has 118 valence electrons. The summed E-state index contributed by atoms with van der Waals surface area (Å²) in [6.07, 6.45) is 1.55. The molecule has 3 rings (SSSR count). The zero-order chi connectivity index (χ0) is 16.4. The minimum absolute atomic E-state index is 0.0256. The molecule has 2 aromatic carbocycles. The van der Waals surface area contributed by atoms with E-state index in [2.05, 4.69) is 10.3 Å². The average Bonchev–Trinajstić information content (AvgIpc) is 3.02. The van der Waals surface area contributed by atoms with E-state index in [0.717, 1.165) is 11.3 Å². The van der Waals surface area contributed by atoms with Crippen LogP contribution in [0.1, 0.15) is 5.56 Å². The monoisotopic (exact) mass is 316 g/mol. The molecule has 7 heteroatoms. The molecule has 0 saturated carbocycles. The molecule has 0 aliphatic heterocycles. The first-order valence-electron chi connectivity index (χ1n) is 6.85. The zero-order valence-corrected chi connectivity index (χ0v) is 12.3. The highest BCUT2D eigenvalue weighted by molar-refractivity contribution is 5.62. The molecule has 0 radical (unpaired) electrons. The molecule has 0 aliphatic carbocycles. The average molecular weight is 316 g/mol. The Morgan fingerprint density at radius 1 is 1.09 bits per heavy atom. The van der Waals surface area contributed by atoms with Crippen molar-refractivity contribution in [2.24, 2.45) is 0 Å². The Balaban J connectivity index is 1.84. The lowest BCUT2D eigenvalue weighted by atomic mass is 10.1. The van der Waals surface area contributed by atoms with E-state index in [9.17, 15) is 8.78 Å². The third-order valence-corrected chi connectivity index (χ3v) is 3.43. The van der Waals surface area contributed by atoms with Crippen LogP contribution in [0.4, 0.5) is 14.5 Å². The van der Waals surface area contributed by atoms with E-state index in [-0.39, 0.29) is 16.9 Å². The van der Waals surface area contributed by atoms with Crippen LogP contribution in [0.5, 0.6) is 5.75 Å². The van der Waals surface area contributed by atoms with Crippen molar-refractivity contribution < 1.29 is 13.5 Å². The van der Waals surface area contributed by atoms with Gasteiger partial charge >= 0.3 is 0 Å². The van der Waals surface area contributed by atoms with Gasteiger partial charge in [0.1, 0.15) is 11.4 Å². The third-order valence-electron chi connectivity index (χ3n) is 3.43. The van der Waals surface area contributed by atoms with Crippen LogP contribution < -0.4 is 10.5 Å². The number of methoxy groups -OCH3 is 1. The number of halogens is 2. The van der Waals surface area contributed by atoms with Crippen molar-refractivity contribution in [2.75, 3.05) is 12.8 Å². The van der Waals surface area contributed by atoms with Crippen molar-refractivity contribution in [1.29, 1.82) is 0 Å². The lowest BCUT2D eigenvalue weighted by Crippen LogP contribution is -2.00. The number of hydrogen-bond donors (Lipinski definition) is 1. The van der Waals surface area contributed by atoms with E-state index >= 15 is 0 Å². The molecule has 0 amide bonds. The molecule has 5 nitrogen and oxygen atoms in total. The molecule has 0 saturated heterocycles. The second-order valence-corrected chi connectivity index (χ2v) is 4.98. The summed E-state index contributed by atoms with van der Waals surface area (Å²) in [6, 6.07) is 10.1. The lowest BCUT2D eigenvalue weighted by molar-refractivity contribution is 0.414. The quantitative estimate of drug-likeness (QED) is 0.752. The Morgan fingerprint density at radius 2 is 1.83 bits per heavy atom. The number of nitrogen functional groups attached to an aromatic ring is 1. The fourth-order valence-electron chi connectivity index (χ4n) is 2.18. The normalized spacial score (nSPS) is 10.7. The van der Waals surface area contributed by atoms with Gasteiger partial charge in [0.2, 0.25) is 0 Å². The summed E-state index contributed by atoms with van der Waals surface area (Å²) < 4.78 is 34.1. The maximum Gasteiger partial charge on any atom is 0.182 e. The summed E-state index contributed by atoms with van der Waals surface area (Å²) >= 11 is 0. The Morgan fingerprint density at radius 3 is 2.52 bits per heavy atom. The van der Waals surface area contributed by atoms with Gasteiger partial charge in [-0.25, -0.2) is 13.5 Å². The lowest BCUT2D eigenvalue weighted by Gasteiger charge is -2.03. The zero-order valence-electron chi connectivity index (χ0n) is 12.3. The van der Waals surface area contributed by atoms with Gasteiger partial charge in [0.05, 0.1) is 25.5 Å². The van der Waals surface area contributed by atoms with Gasteiger partial charge in [0.15, 0.2) is 11.6 Å². The van der Waals surface area contributed by atoms with E-state index in [1.165, 1.54) is 12.1 Å². The van der Waals surface area contributed by atoms with Crippen LogP contribution in [0.25, 0.3) is 11.3 Å². The van der Waals surface area contributed by atoms with Crippen LogP contribution in [-0.4, -0.2) is 22.1 Å². The predicted octanol–water partition coefficient (Wildman–Crippen LogP) is 2.86. The highest BCUT2D eigenvalue weighted by Gasteiger charge is 2.15. The van der Waals surface area contributed by atoms with Gasteiger partial charge < -0.3 is 10.5 Å². The molecule has 1 heterocycles. The molecule has 0 aliphatic rings. The van der Waals surface area contributed by atoms with Crippen LogP contribution in [0, 0.1) is 11.6 Å². The van der Waals surface area contributed by atoms with E-state index in [1.807, 2.05) is 24.3 Å². The summed E-state index contributed by atoms with van der Waals surface area (Å²) in [5.74, 6) is -1.35. The number of nitrogens with two attached hydrogens (primary N) is 1. The SMILES string of the molecule is COc1ccc(Cn2cc(-c3ccc(N)c(F)c3F)nn2)cc1. The van der Waals surface area contributed by atoms with Gasteiger partial charge in [0, 0.05) is 5.56 Å². The van der Waals surface area contributed by atoms with Crippen molar-refractivity contribution in [1.82, 2.24) is 15.0 Å². The minimum Gasteiger partial charge on any atom is -0.497 e. The number of nitrogens with zero attached hydrogens (tertiary/aromatic N) is 3. The molecular weight excluding hydrogens is 302 g/mol. The predicted molar refractivity (Wildman–Crippen MR) is 81.9 cm³/mol. The number of hydrogen-bond acceptors (Lipinski definition) is 4. The van der Waals surface area contributed by atoms with Crippen LogP contribution in [0.15, 0.2) is 42.6 Å². The third kappa shape index (κ3) is 2.98. The standard InChI is InChI=1S/C16H14F2N4O/c1-23-11-4-2-10(3-5-11)8-22-9-14(20-21-22)12-6-7-13(19)16(18)15(12)17/h2-7,9H,8,19H2,1H3. The number of ether oxygens (including phenoxy) is 1. The van der Waals surface area contributed by atoms with E-state index < -0.39 is 11.6 Å². The molecule has 23 heavy (non-hydrogen) atoms. The topological polar surface area (TPSA) is 66.0 Å². The highest BCUT2D eigenvalue weighted by atomic mass is 19.2. The van der Waals surface area contributed by atoms with Crippen LogP contribution >= 0.6 is 0 Å².